The molecule has 0 saturated carbocycles. The molecule has 3 rings (SSSR count). The van der Waals surface area contributed by atoms with Crippen LogP contribution in [0.3, 0.4) is 0 Å². The Morgan fingerprint density at radius 1 is 1.37 bits per heavy atom. The predicted molar refractivity (Wildman–Crippen MR) is 76.1 cm³/mol. The second kappa shape index (κ2) is 4.97. The molecule has 19 heavy (non-hydrogen) atoms. The molecule has 3 nitrogen and oxygen atoms in total. The first kappa shape index (κ1) is 12.7. The zero-order valence-electron chi connectivity index (χ0n) is 11.7. The average molecular weight is 258 g/mol. The molecule has 1 fully saturated rings. The van der Waals surface area contributed by atoms with Crippen LogP contribution in [0.1, 0.15) is 30.4 Å². The summed E-state index contributed by atoms with van der Waals surface area (Å²) in [5.74, 6) is 0.993. The van der Waals surface area contributed by atoms with Gasteiger partial charge in [0.15, 0.2) is 0 Å². The monoisotopic (exact) mass is 258 g/mol. The van der Waals surface area contributed by atoms with E-state index in [9.17, 15) is 4.79 Å². The molecule has 0 spiro atoms. The summed E-state index contributed by atoms with van der Waals surface area (Å²) < 4.78 is 0. The van der Waals surface area contributed by atoms with Gasteiger partial charge in [0.05, 0.1) is 5.92 Å². The van der Waals surface area contributed by atoms with Crippen molar-refractivity contribution < 1.29 is 4.79 Å². The number of likely N-dealkylation sites (tertiary alicyclic amines) is 1. The molecule has 3 unspecified atom stereocenters. The summed E-state index contributed by atoms with van der Waals surface area (Å²) in [4.78, 5) is 14.7. The van der Waals surface area contributed by atoms with E-state index in [0.717, 1.165) is 25.9 Å². The zero-order chi connectivity index (χ0) is 13.4. The Hall–Kier alpha value is -1.35. The van der Waals surface area contributed by atoms with Gasteiger partial charge in [-0.2, -0.15) is 0 Å². The van der Waals surface area contributed by atoms with Crippen LogP contribution in [-0.2, 0) is 11.2 Å². The Morgan fingerprint density at radius 2 is 2.16 bits per heavy atom. The SMILES string of the molecule is CNC1CCN(C(=O)C2Cc3ccccc32)CC1C. The molecule has 3 atom stereocenters. The van der Waals surface area contributed by atoms with Gasteiger partial charge < -0.3 is 10.2 Å². The van der Waals surface area contributed by atoms with Crippen LogP contribution >= 0.6 is 0 Å². The largest absolute Gasteiger partial charge is 0.342 e. The van der Waals surface area contributed by atoms with Crippen molar-refractivity contribution in [3.05, 3.63) is 35.4 Å². The number of hydrogen-bond acceptors (Lipinski definition) is 2. The van der Waals surface area contributed by atoms with Crippen molar-refractivity contribution in [2.75, 3.05) is 20.1 Å². The van der Waals surface area contributed by atoms with Crippen molar-refractivity contribution in [2.45, 2.75) is 31.7 Å². The Kier molecular flexibility index (Phi) is 3.31. The van der Waals surface area contributed by atoms with Gasteiger partial charge in [-0.3, -0.25) is 4.79 Å². The van der Waals surface area contributed by atoms with Crippen LogP contribution in [0.4, 0.5) is 0 Å². The maximum Gasteiger partial charge on any atom is 0.230 e. The molecular weight excluding hydrogens is 236 g/mol. The first-order chi connectivity index (χ1) is 9.20. The molecule has 1 saturated heterocycles. The fourth-order valence-corrected chi connectivity index (χ4v) is 3.47. The van der Waals surface area contributed by atoms with Gasteiger partial charge in [0.25, 0.3) is 0 Å². The van der Waals surface area contributed by atoms with Crippen molar-refractivity contribution in [3.63, 3.8) is 0 Å². The van der Waals surface area contributed by atoms with Crippen molar-refractivity contribution in [3.8, 4) is 0 Å². The summed E-state index contributed by atoms with van der Waals surface area (Å²) >= 11 is 0. The van der Waals surface area contributed by atoms with Crippen LogP contribution in [0.2, 0.25) is 0 Å². The summed E-state index contributed by atoms with van der Waals surface area (Å²) in [6, 6.07) is 8.88. The number of piperidine rings is 1. The minimum Gasteiger partial charge on any atom is -0.342 e. The molecule has 102 valence electrons. The van der Waals surface area contributed by atoms with Crippen molar-refractivity contribution in [1.82, 2.24) is 10.2 Å². The summed E-state index contributed by atoms with van der Waals surface area (Å²) in [6.07, 6.45) is 1.99. The molecule has 1 aliphatic heterocycles. The molecule has 0 radical (unpaired) electrons. The lowest BCUT2D eigenvalue weighted by atomic mass is 9.76. The van der Waals surface area contributed by atoms with Crippen LogP contribution in [0.5, 0.6) is 0 Å². The lowest BCUT2D eigenvalue weighted by molar-refractivity contribution is -0.135. The Morgan fingerprint density at radius 3 is 2.84 bits per heavy atom. The van der Waals surface area contributed by atoms with Crippen LogP contribution in [0, 0.1) is 5.92 Å². The van der Waals surface area contributed by atoms with E-state index in [2.05, 4.69) is 35.3 Å². The lowest BCUT2D eigenvalue weighted by Crippen LogP contribution is -2.51. The predicted octanol–water partition coefficient (Wildman–Crippen LogP) is 1.78. The summed E-state index contributed by atoms with van der Waals surface area (Å²) in [5.41, 5.74) is 2.59. The number of hydrogen-bond donors (Lipinski definition) is 1. The van der Waals surface area contributed by atoms with E-state index in [1.165, 1.54) is 11.1 Å². The van der Waals surface area contributed by atoms with Crippen LogP contribution in [0.15, 0.2) is 24.3 Å². The van der Waals surface area contributed by atoms with E-state index in [0.29, 0.717) is 17.9 Å². The standard InChI is InChI=1S/C16H22N2O/c1-11-10-18(8-7-15(11)17-2)16(19)14-9-12-5-3-4-6-13(12)14/h3-6,11,14-15,17H,7-10H2,1-2H3. The number of rotatable bonds is 2. The average Bonchev–Trinajstić information content (AvgIpc) is 2.40. The van der Waals surface area contributed by atoms with Gasteiger partial charge in [0.2, 0.25) is 5.91 Å². The number of amides is 1. The molecule has 1 heterocycles. The molecule has 0 bridgehead atoms. The van der Waals surface area contributed by atoms with Gasteiger partial charge in [-0.05, 0) is 36.9 Å². The molecule has 0 aromatic heterocycles. The van der Waals surface area contributed by atoms with E-state index in [1.807, 2.05) is 13.1 Å². The molecule has 3 heteroatoms. The molecule has 1 amide bonds. The number of nitrogens with zero attached hydrogens (tertiary/aromatic N) is 1. The normalized spacial score (nSPS) is 29.6. The number of nitrogens with one attached hydrogen (secondary N) is 1. The van der Waals surface area contributed by atoms with Crippen molar-refractivity contribution in [1.29, 1.82) is 0 Å². The minimum absolute atomic E-state index is 0.120. The fraction of sp³-hybridized carbons (Fsp3) is 0.562. The van der Waals surface area contributed by atoms with Gasteiger partial charge in [0.1, 0.15) is 0 Å². The Bertz CT molecular complexity index is 485. The lowest BCUT2D eigenvalue weighted by Gasteiger charge is -2.40. The van der Waals surface area contributed by atoms with Gasteiger partial charge in [0, 0.05) is 19.1 Å². The fourth-order valence-electron chi connectivity index (χ4n) is 3.47. The second-order valence-corrected chi connectivity index (χ2v) is 5.90. The Balaban J connectivity index is 1.67. The van der Waals surface area contributed by atoms with Crippen LogP contribution < -0.4 is 5.32 Å². The second-order valence-electron chi connectivity index (χ2n) is 5.90. The molecule has 1 aromatic rings. The molecule has 1 N–H and O–H groups in total. The summed E-state index contributed by atoms with van der Waals surface area (Å²) in [7, 11) is 2.01. The third kappa shape index (κ3) is 2.16. The van der Waals surface area contributed by atoms with Gasteiger partial charge in [-0.1, -0.05) is 31.2 Å². The van der Waals surface area contributed by atoms with E-state index in [4.69, 9.17) is 0 Å². The Labute approximate surface area is 115 Å². The highest BCUT2D eigenvalue weighted by Gasteiger charge is 2.37. The van der Waals surface area contributed by atoms with Crippen molar-refractivity contribution in [2.24, 2.45) is 5.92 Å². The van der Waals surface area contributed by atoms with Crippen molar-refractivity contribution >= 4 is 5.91 Å². The van der Waals surface area contributed by atoms with E-state index in [1.54, 1.807) is 0 Å². The maximum atomic E-state index is 12.6. The topological polar surface area (TPSA) is 32.3 Å². The molecular formula is C16H22N2O. The summed E-state index contributed by atoms with van der Waals surface area (Å²) in [5, 5.41) is 3.35. The highest BCUT2D eigenvalue weighted by atomic mass is 16.2. The third-order valence-corrected chi connectivity index (χ3v) is 4.74. The quantitative estimate of drug-likeness (QED) is 0.877. The molecule has 2 aliphatic rings. The highest BCUT2D eigenvalue weighted by Crippen LogP contribution is 2.36. The molecule has 1 aliphatic carbocycles. The van der Waals surface area contributed by atoms with Crippen LogP contribution in [0.25, 0.3) is 0 Å². The minimum atomic E-state index is 0.120. The summed E-state index contributed by atoms with van der Waals surface area (Å²) in [6.45, 7) is 4.02. The maximum absolute atomic E-state index is 12.6. The third-order valence-electron chi connectivity index (χ3n) is 4.74. The molecule has 1 aromatic carbocycles. The van der Waals surface area contributed by atoms with E-state index < -0.39 is 0 Å². The number of carbonyl (C=O) groups excluding carboxylic acids is 1. The first-order valence-corrected chi connectivity index (χ1v) is 7.24. The number of benzene rings is 1. The van der Waals surface area contributed by atoms with E-state index >= 15 is 0 Å². The highest BCUT2D eigenvalue weighted by molar-refractivity contribution is 5.87. The zero-order valence-corrected chi connectivity index (χ0v) is 11.7. The van der Waals surface area contributed by atoms with Crippen LogP contribution in [-0.4, -0.2) is 37.0 Å². The van der Waals surface area contributed by atoms with Gasteiger partial charge in [-0.25, -0.2) is 0 Å². The van der Waals surface area contributed by atoms with Gasteiger partial charge in [-0.15, -0.1) is 0 Å². The number of fused-ring (bicyclic) bond motifs is 1. The smallest absolute Gasteiger partial charge is 0.230 e. The van der Waals surface area contributed by atoms with Gasteiger partial charge >= 0.3 is 0 Å². The van der Waals surface area contributed by atoms with E-state index in [-0.39, 0.29) is 5.92 Å². The first-order valence-electron chi connectivity index (χ1n) is 7.24. The number of carbonyl (C=O) groups is 1.